The molecule has 2 N–H and O–H groups in total. The van der Waals surface area contributed by atoms with Crippen LogP contribution in [0.3, 0.4) is 0 Å². The highest BCUT2D eigenvalue weighted by Crippen LogP contribution is 2.22. The fourth-order valence-electron chi connectivity index (χ4n) is 1.04. The molecule has 6 heteroatoms. The van der Waals surface area contributed by atoms with Gasteiger partial charge in [0.2, 0.25) is 5.91 Å². The van der Waals surface area contributed by atoms with Gasteiger partial charge in [-0.3, -0.25) is 4.79 Å². The van der Waals surface area contributed by atoms with E-state index in [9.17, 15) is 9.59 Å². The number of amides is 1. The maximum absolute atomic E-state index is 11.2. The van der Waals surface area contributed by atoms with Gasteiger partial charge in [-0.05, 0) is 17.7 Å². The van der Waals surface area contributed by atoms with Crippen molar-refractivity contribution in [2.24, 2.45) is 0 Å². The van der Waals surface area contributed by atoms with Crippen LogP contribution in [-0.4, -0.2) is 17.0 Å². The molecule has 0 aliphatic rings. The lowest BCUT2D eigenvalue weighted by atomic mass is 10.2. The summed E-state index contributed by atoms with van der Waals surface area (Å²) < 4.78 is 0. The average molecular weight is 274 g/mol. The molecule has 17 heavy (non-hydrogen) atoms. The molecule has 1 amide bonds. The van der Waals surface area contributed by atoms with Crippen LogP contribution in [0.25, 0.3) is 0 Å². The molecule has 1 aromatic carbocycles. The Morgan fingerprint density at radius 2 is 1.94 bits per heavy atom. The number of halogens is 2. The number of carboxylic acid groups (broad SMARTS) is 1. The van der Waals surface area contributed by atoms with Crippen molar-refractivity contribution in [3.63, 3.8) is 0 Å². The molecule has 4 nitrogen and oxygen atoms in total. The van der Waals surface area contributed by atoms with Crippen LogP contribution in [0.2, 0.25) is 10.0 Å². The second-order valence-corrected chi connectivity index (χ2v) is 3.95. The van der Waals surface area contributed by atoms with Crippen molar-refractivity contribution in [2.75, 3.05) is 0 Å². The number of hydrogen-bond acceptors (Lipinski definition) is 2. The summed E-state index contributed by atoms with van der Waals surface area (Å²) in [6, 6.07) is 4.97. The molecule has 1 rings (SSSR count). The summed E-state index contributed by atoms with van der Waals surface area (Å²) in [5.41, 5.74) is 0.775. The van der Waals surface area contributed by atoms with E-state index in [4.69, 9.17) is 28.3 Å². The molecule has 0 fully saturated rings. The average Bonchev–Trinajstić information content (AvgIpc) is 2.28. The molecular formula is C11H9Cl2NO3. The Balaban J connectivity index is 2.53. The molecule has 1 aromatic rings. The first-order valence-electron chi connectivity index (χ1n) is 4.62. The molecule has 90 valence electrons. The predicted octanol–water partition coefficient (Wildman–Crippen LogP) is 2.25. The Kier molecular flexibility index (Phi) is 5.00. The Labute approximate surface area is 108 Å². The summed E-state index contributed by atoms with van der Waals surface area (Å²) in [5.74, 6) is -1.66. The number of carbonyl (C=O) groups excluding carboxylic acids is 1. The first-order valence-corrected chi connectivity index (χ1v) is 5.37. The van der Waals surface area contributed by atoms with Gasteiger partial charge in [0.15, 0.2) is 0 Å². The molecule has 0 heterocycles. The number of rotatable bonds is 4. The highest BCUT2D eigenvalue weighted by Gasteiger charge is 2.01. The van der Waals surface area contributed by atoms with E-state index in [0.29, 0.717) is 10.0 Å². The molecule has 0 atom stereocenters. The minimum absolute atomic E-state index is 0.250. The fourth-order valence-corrected chi connectivity index (χ4v) is 1.37. The summed E-state index contributed by atoms with van der Waals surface area (Å²) in [4.78, 5) is 21.3. The van der Waals surface area contributed by atoms with E-state index in [0.717, 1.165) is 17.7 Å². The number of carbonyl (C=O) groups is 2. The molecule has 0 saturated carbocycles. The van der Waals surface area contributed by atoms with Crippen LogP contribution in [0.5, 0.6) is 0 Å². The van der Waals surface area contributed by atoms with Gasteiger partial charge < -0.3 is 10.4 Å². The van der Waals surface area contributed by atoms with E-state index in [2.05, 4.69) is 5.32 Å². The zero-order valence-electron chi connectivity index (χ0n) is 8.61. The van der Waals surface area contributed by atoms with Gasteiger partial charge in [-0.1, -0.05) is 29.3 Å². The van der Waals surface area contributed by atoms with Crippen LogP contribution in [0.1, 0.15) is 5.56 Å². The monoisotopic (exact) mass is 273 g/mol. The molecule has 0 saturated heterocycles. The molecule has 0 aromatic heterocycles. The Morgan fingerprint density at radius 3 is 2.53 bits per heavy atom. The van der Waals surface area contributed by atoms with Crippen LogP contribution in [0.15, 0.2) is 30.4 Å². The highest BCUT2D eigenvalue weighted by molar-refractivity contribution is 6.42. The molecule has 0 unspecified atom stereocenters. The van der Waals surface area contributed by atoms with E-state index < -0.39 is 11.9 Å². The zero-order valence-corrected chi connectivity index (χ0v) is 10.1. The third-order valence-electron chi connectivity index (χ3n) is 1.83. The molecule has 0 aliphatic carbocycles. The van der Waals surface area contributed by atoms with Gasteiger partial charge in [-0.2, -0.15) is 0 Å². The number of hydrogen-bond donors (Lipinski definition) is 2. The van der Waals surface area contributed by atoms with Gasteiger partial charge in [0, 0.05) is 18.7 Å². The highest BCUT2D eigenvalue weighted by atomic mass is 35.5. The van der Waals surface area contributed by atoms with Crippen LogP contribution in [0.4, 0.5) is 0 Å². The second-order valence-electron chi connectivity index (χ2n) is 3.14. The van der Waals surface area contributed by atoms with E-state index in [1.54, 1.807) is 18.2 Å². The van der Waals surface area contributed by atoms with Crippen LogP contribution in [0, 0.1) is 0 Å². The van der Waals surface area contributed by atoms with Crippen LogP contribution >= 0.6 is 23.2 Å². The Morgan fingerprint density at radius 1 is 1.24 bits per heavy atom. The summed E-state index contributed by atoms with van der Waals surface area (Å²) >= 11 is 11.5. The molecule has 0 radical (unpaired) electrons. The van der Waals surface area contributed by atoms with E-state index >= 15 is 0 Å². The van der Waals surface area contributed by atoms with Crippen LogP contribution in [-0.2, 0) is 16.1 Å². The van der Waals surface area contributed by atoms with Gasteiger partial charge >= 0.3 is 5.97 Å². The molecule has 0 bridgehead atoms. The van der Waals surface area contributed by atoms with E-state index in [1.807, 2.05) is 0 Å². The minimum Gasteiger partial charge on any atom is -0.478 e. The van der Waals surface area contributed by atoms with E-state index in [1.165, 1.54) is 0 Å². The third kappa shape index (κ3) is 4.89. The normalized spacial score (nSPS) is 10.5. The van der Waals surface area contributed by atoms with Gasteiger partial charge in [0.05, 0.1) is 10.0 Å². The quantitative estimate of drug-likeness (QED) is 0.827. The van der Waals surface area contributed by atoms with Crippen molar-refractivity contribution >= 4 is 35.1 Å². The molecule has 0 spiro atoms. The number of benzene rings is 1. The van der Waals surface area contributed by atoms with Crippen LogP contribution < -0.4 is 5.32 Å². The van der Waals surface area contributed by atoms with Crippen molar-refractivity contribution in [1.82, 2.24) is 5.32 Å². The van der Waals surface area contributed by atoms with Gasteiger partial charge in [-0.15, -0.1) is 0 Å². The fraction of sp³-hybridized carbons (Fsp3) is 0.0909. The molecule has 0 aliphatic heterocycles. The minimum atomic E-state index is -1.17. The number of nitrogens with one attached hydrogen (secondary N) is 1. The zero-order chi connectivity index (χ0) is 12.8. The van der Waals surface area contributed by atoms with Crippen molar-refractivity contribution in [1.29, 1.82) is 0 Å². The van der Waals surface area contributed by atoms with Crippen molar-refractivity contribution in [3.05, 3.63) is 46.0 Å². The lowest BCUT2D eigenvalue weighted by molar-refractivity contribution is -0.131. The first kappa shape index (κ1) is 13.5. The van der Waals surface area contributed by atoms with Crippen molar-refractivity contribution in [2.45, 2.75) is 6.54 Å². The number of aliphatic carboxylic acids is 1. The van der Waals surface area contributed by atoms with Gasteiger partial charge in [0.1, 0.15) is 0 Å². The molecular weight excluding hydrogens is 265 g/mol. The second kappa shape index (κ2) is 6.27. The van der Waals surface area contributed by atoms with Gasteiger partial charge in [-0.25, -0.2) is 4.79 Å². The smallest absolute Gasteiger partial charge is 0.328 e. The van der Waals surface area contributed by atoms with Gasteiger partial charge in [0.25, 0.3) is 0 Å². The lowest BCUT2D eigenvalue weighted by Gasteiger charge is -2.03. The Hall–Kier alpha value is -1.52. The summed E-state index contributed by atoms with van der Waals surface area (Å²) in [6.07, 6.45) is 1.71. The summed E-state index contributed by atoms with van der Waals surface area (Å²) in [6.45, 7) is 0.250. The predicted molar refractivity (Wildman–Crippen MR) is 65.1 cm³/mol. The van der Waals surface area contributed by atoms with Crippen molar-refractivity contribution < 1.29 is 14.7 Å². The van der Waals surface area contributed by atoms with E-state index in [-0.39, 0.29) is 6.54 Å². The maximum Gasteiger partial charge on any atom is 0.328 e. The lowest BCUT2D eigenvalue weighted by Crippen LogP contribution is -2.20. The Bertz CT molecular complexity index is 472. The summed E-state index contributed by atoms with van der Waals surface area (Å²) in [7, 11) is 0. The largest absolute Gasteiger partial charge is 0.478 e. The van der Waals surface area contributed by atoms with Crippen molar-refractivity contribution in [3.8, 4) is 0 Å². The SMILES string of the molecule is O=C(O)C=CC(=O)NCc1ccc(Cl)c(Cl)c1. The summed E-state index contributed by atoms with van der Waals surface area (Å²) in [5, 5.41) is 11.7. The number of carboxylic acids is 1. The first-order chi connectivity index (χ1) is 7.99. The third-order valence-corrected chi connectivity index (χ3v) is 2.57. The standard InChI is InChI=1S/C11H9Cl2NO3/c12-8-2-1-7(5-9(8)13)6-14-10(15)3-4-11(16)17/h1-5H,6H2,(H,14,15)(H,16,17). The maximum atomic E-state index is 11.2. The topological polar surface area (TPSA) is 66.4 Å².